The number of rotatable bonds is 2. The van der Waals surface area contributed by atoms with Crippen molar-refractivity contribution in [2.75, 3.05) is 26.2 Å². The fourth-order valence-corrected chi connectivity index (χ4v) is 5.02. The van der Waals surface area contributed by atoms with Gasteiger partial charge in [0, 0.05) is 19.6 Å². The molecule has 0 aliphatic carbocycles. The summed E-state index contributed by atoms with van der Waals surface area (Å²) in [6, 6.07) is 3.94. The average Bonchev–Trinajstić information content (AvgIpc) is 3.04. The van der Waals surface area contributed by atoms with E-state index in [-0.39, 0.29) is 10.3 Å². The number of nitrogens with one attached hydrogen (secondary N) is 1. The second-order valence-corrected chi connectivity index (χ2v) is 7.83. The van der Waals surface area contributed by atoms with E-state index in [9.17, 15) is 12.8 Å². The summed E-state index contributed by atoms with van der Waals surface area (Å²) in [6.07, 6.45) is 1.90. The summed E-state index contributed by atoms with van der Waals surface area (Å²) in [6.45, 7) is 4.60. The molecule has 1 atom stereocenters. The summed E-state index contributed by atoms with van der Waals surface area (Å²) in [4.78, 5) is 0.0977. The van der Waals surface area contributed by atoms with Gasteiger partial charge in [-0.15, -0.1) is 0 Å². The first kappa shape index (κ1) is 14.0. The van der Waals surface area contributed by atoms with E-state index in [1.165, 1.54) is 16.4 Å². The van der Waals surface area contributed by atoms with Gasteiger partial charge in [0.1, 0.15) is 5.82 Å². The monoisotopic (exact) mass is 298 g/mol. The van der Waals surface area contributed by atoms with Gasteiger partial charge in [-0.1, -0.05) is 6.07 Å². The van der Waals surface area contributed by atoms with Crippen LogP contribution in [0.4, 0.5) is 4.39 Å². The summed E-state index contributed by atoms with van der Waals surface area (Å²) in [7, 11) is -3.59. The SMILES string of the molecule is Cc1ccc(F)cc1S(=O)(=O)N1CCC2(CCNC2)C1. The zero-order valence-corrected chi connectivity index (χ0v) is 12.3. The molecule has 1 spiro atoms. The lowest BCUT2D eigenvalue weighted by Crippen LogP contribution is -2.33. The van der Waals surface area contributed by atoms with Gasteiger partial charge in [-0.2, -0.15) is 4.31 Å². The fourth-order valence-electron chi connectivity index (χ4n) is 3.23. The molecule has 110 valence electrons. The summed E-state index contributed by atoms with van der Waals surface area (Å²) in [5.41, 5.74) is 0.672. The Bertz CT molecular complexity index is 624. The molecule has 2 saturated heterocycles. The van der Waals surface area contributed by atoms with Gasteiger partial charge in [-0.05, 0) is 49.4 Å². The molecular weight excluding hydrogens is 279 g/mol. The summed E-state index contributed by atoms with van der Waals surface area (Å²) in [5, 5.41) is 3.31. The Morgan fingerprint density at radius 1 is 1.35 bits per heavy atom. The summed E-state index contributed by atoms with van der Waals surface area (Å²) < 4.78 is 40.3. The van der Waals surface area contributed by atoms with E-state index in [4.69, 9.17) is 0 Å². The highest BCUT2D eigenvalue weighted by atomic mass is 32.2. The molecule has 2 heterocycles. The second kappa shape index (κ2) is 4.79. The minimum absolute atomic E-state index is 0.0777. The maximum Gasteiger partial charge on any atom is 0.243 e. The first-order valence-electron chi connectivity index (χ1n) is 6.90. The van der Waals surface area contributed by atoms with Crippen LogP contribution in [0.1, 0.15) is 18.4 Å². The smallest absolute Gasteiger partial charge is 0.243 e. The van der Waals surface area contributed by atoms with Crippen LogP contribution in [0.3, 0.4) is 0 Å². The largest absolute Gasteiger partial charge is 0.316 e. The van der Waals surface area contributed by atoms with Crippen molar-refractivity contribution in [2.45, 2.75) is 24.7 Å². The molecule has 1 N–H and O–H groups in total. The fraction of sp³-hybridized carbons (Fsp3) is 0.571. The van der Waals surface area contributed by atoms with Crippen molar-refractivity contribution in [1.82, 2.24) is 9.62 Å². The number of hydrogen-bond acceptors (Lipinski definition) is 3. The minimum Gasteiger partial charge on any atom is -0.316 e. The number of benzene rings is 1. The van der Waals surface area contributed by atoms with Crippen molar-refractivity contribution in [3.8, 4) is 0 Å². The Hall–Kier alpha value is -0.980. The highest BCUT2D eigenvalue weighted by Gasteiger charge is 2.44. The third kappa shape index (κ3) is 2.25. The molecule has 2 fully saturated rings. The van der Waals surface area contributed by atoms with Crippen molar-refractivity contribution in [2.24, 2.45) is 5.41 Å². The maximum absolute atomic E-state index is 13.4. The number of nitrogens with zero attached hydrogens (tertiary/aromatic N) is 1. The Morgan fingerprint density at radius 3 is 2.85 bits per heavy atom. The molecule has 0 amide bonds. The Kier molecular flexibility index (Phi) is 3.35. The van der Waals surface area contributed by atoms with Gasteiger partial charge in [0.15, 0.2) is 0 Å². The van der Waals surface area contributed by atoms with Gasteiger partial charge in [0.25, 0.3) is 0 Å². The van der Waals surface area contributed by atoms with Gasteiger partial charge in [0.2, 0.25) is 10.0 Å². The molecule has 4 nitrogen and oxygen atoms in total. The van der Waals surface area contributed by atoms with E-state index in [2.05, 4.69) is 5.32 Å². The van der Waals surface area contributed by atoms with Crippen LogP contribution in [0.15, 0.2) is 23.1 Å². The van der Waals surface area contributed by atoms with Crippen molar-refractivity contribution in [3.63, 3.8) is 0 Å². The van der Waals surface area contributed by atoms with Crippen LogP contribution in [0, 0.1) is 18.2 Å². The van der Waals surface area contributed by atoms with E-state index < -0.39 is 15.8 Å². The van der Waals surface area contributed by atoms with E-state index in [1.54, 1.807) is 6.92 Å². The molecule has 1 unspecified atom stereocenters. The number of hydrogen-bond donors (Lipinski definition) is 1. The molecule has 0 radical (unpaired) electrons. The molecule has 1 aromatic rings. The van der Waals surface area contributed by atoms with Gasteiger partial charge in [0.05, 0.1) is 4.90 Å². The Labute approximate surface area is 119 Å². The van der Waals surface area contributed by atoms with Crippen molar-refractivity contribution in [3.05, 3.63) is 29.6 Å². The van der Waals surface area contributed by atoms with E-state index in [0.29, 0.717) is 18.7 Å². The van der Waals surface area contributed by atoms with Crippen molar-refractivity contribution >= 4 is 10.0 Å². The van der Waals surface area contributed by atoms with Crippen LogP contribution >= 0.6 is 0 Å². The Morgan fingerprint density at radius 2 is 2.15 bits per heavy atom. The summed E-state index contributed by atoms with van der Waals surface area (Å²) in [5.74, 6) is -0.509. The van der Waals surface area contributed by atoms with Crippen molar-refractivity contribution < 1.29 is 12.8 Å². The quantitative estimate of drug-likeness (QED) is 0.900. The van der Waals surface area contributed by atoms with Gasteiger partial charge in [-0.3, -0.25) is 0 Å². The predicted octanol–water partition coefficient (Wildman–Crippen LogP) is 1.51. The first-order chi connectivity index (χ1) is 9.43. The molecular formula is C14H19FN2O2S. The zero-order valence-electron chi connectivity index (χ0n) is 11.5. The van der Waals surface area contributed by atoms with E-state index >= 15 is 0 Å². The molecule has 6 heteroatoms. The lowest BCUT2D eigenvalue weighted by molar-refractivity contribution is 0.338. The molecule has 0 bridgehead atoms. The minimum atomic E-state index is -3.59. The number of aryl methyl sites for hydroxylation is 1. The van der Waals surface area contributed by atoms with Crippen LogP contribution in [-0.2, 0) is 10.0 Å². The van der Waals surface area contributed by atoms with Gasteiger partial charge in [-0.25, -0.2) is 12.8 Å². The normalized spacial score (nSPS) is 27.5. The van der Waals surface area contributed by atoms with Crippen LogP contribution < -0.4 is 5.32 Å². The average molecular weight is 298 g/mol. The third-order valence-electron chi connectivity index (χ3n) is 4.50. The van der Waals surface area contributed by atoms with Crippen LogP contribution in [0.2, 0.25) is 0 Å². The predicted molar refractivity (Wildman–Crippen MR) is 74.4 cm³/mol. The van der Waals surface area contributed by atoms with E-state index in [1.807, 2.05) is 0 Å². The van der Waals surface area contributed by atoms with Crippen LogP contribution in [0.25, 0.3) is 0 Å². The van der Waals surface area contributed by atoms with E-state index in [0.717, 1.165) is 32.0 Å². The van der Waals surface area contributed by atoms with Crippen LogP contribution in [-0.4, -0.2) is 38.9 Å². The third-order valence-corrected chi connectivity index (χ3v) is 6.49. The summed E-state index contributed by atoms with van der Waals surface area (Å²) >= 11 is 0. The molecule has 0 saturated carbocycles. The van der Waals surface area contributed by atoms with Gasteiger partial charge >= 0.3 is 0 Å². The maximum atomic E-state index is 13.4. The molecule has 3 rings (SSSR count). The molecule has 20 heavy (non-hydrogen) atoms. The first-order valence-corrected chi connectivity index (χ1v) is 8.34. The molecule has 2 aliphatic heterocycles. The molecule has 0 aromatic heterocycles. The number of halogens is 1. The Balaban J connectivity index is 1.91. The zero-order chi connectivity index (χ0) is 14.4. The van der Waals surface area contributed by atoms with Crippen molar-refractivity contribution in [1.29, 1.82) is 0 Å². The van der Waals surface area contributed by atoms with Crippen LogP contribution in [0.5, 0.6) is 0 Å². The highest BCUT2D eigenvalue weighted by Crippen LogP contribution is 2.38. The molecule has 2 aliphatic rings. The molecule has 1 aromatic carbocycles. The number of sulfonamides is 1. The standard InChI is InChI=1S/C14H19FN2O2S/c1-11-2-3-12(15)8-13(11)20(18,19)17-7-5-14(10-17)4-6-16-9-14/h2-3,8,16H,4-7,9-10H2,1H3. The van der Waals surface area contributed by atoms with Gasteiger partial charge < -0.3 is 5.32 Å². The topological polar surface area (TPSA) is 49.4 Å². The lowest BCUT2D eigenvalue weighted by atomic mass is 9.87. The lowest BCUT2D eigenvalue weighted by Gasteiger charge is -2.23. The second-order valence-electron chi connectivity index (χ2n) is 5.93. The highest BCUT2D eigenvalue weighted by molar-refractivity contribution is 7.89.